The van der Waals surface area contributed by atoms with Crippen molar-refractivity contribution in [2.24, 2.45) is 0 Å². The lowest BCUT2D eigenvalue weighted by Crippen LogP contribution is -2.28. The first-order chi connectivity index (χ1) is 10.1. The maximum Gasteiger partial charge on any atom is 0.261 e. The number of amides is 1. The number of pyridine rings is 1. The fraction of sp³-hybridized carbons (Fsp3) is 0.188. The third kappa shape index (κ3) is 2.84. The van der Waals surface area contributed by atoms with Gasteiger partial charge in [0, 0.05) is 26.0 Å². The number of carbonyl (C=O) groups is 1. The van der Waals surface area contributed by atoms with Crippen LogP contribution in [-0.2, 0) is 0 Å². The molecule has 0 bridgehead atoms. The molecule has 0 aliphatic rings. The number of carbonyl (C=O) groups excluding carboxylic acids is 1. The van der Waals surface area contributed by atoms with Gasteiger partial charge in [0.1, 0.15) is 6.07 Å². The first-order valence-corrected chi connectivity index (χ1v) is 6.50. The molecule has 0 aliphatic carbocycles. The molecule has 0 radical (unpaired) electrons. The van der Waals surface area contributed by atoms with Gasteiger partial charge in [-0.3, -0.25) is 9.78 Å². The Morgan fingerprint density at radius 1 is 1.38 bits per heavy atom. The summed E-state index contributed by atoms with van der Waals surface area (Å²) in [6.45, 7) is 1.86. The van der Waals surface area contributed by atoms with Gasteiger partial charge < -0.3 is 10.2 Å². The number of hydrogen-bond acceptors (Lipinski definition) is 4. The van der Waals surface area contributed by atoms with Crippen LogP contribution in [0, 0.1) is 18.3 Å². The van der Waals surface area contributed by atoms with Gasteiger partial charge in [-0.25, -0.2) is 0 Å². The standard InChI is InChI=1S/C16H16N4O/c1-11-8-14(18-2)13(10-19-11)16(21)20(3)15-7-5-4-6-12(15)9-17/h4-8,10H,1-3H3,(H,18,19). The zero-order chi connectivity index (χ0) is 15.4. The predicted octanol–water partition coefficient (Wildman–Crippen LogP) is 2.58. The molecule has 1 heterocycles. The van der Waals surface area contributed by atoms with Crippen LogP contribution in [0.25, 0.3) is 0 Å². The number of aromatic nitrogens is 1. The minimum atomic E-state index is -0.213. The van der Waals surface area contributed by atoms with Gasteiger partial charge in [-0.1, -0.05) is 12.1 Å². The number of nitrogens with zero attached hydrogens (tertiary/aromatic N) is 3. The number of rotatable bonds is 3. The summed E-state index contributed by atoms with van der Waals surface area (Å²) in [7, 11) is 3.41. The summed E-state index contributed by atoms with van der Waals surface area (Å²) in [4.78, 5) is 18.3. The Morgan fingerprint density at radius 3 is 2.76 bits per heavy atom. The fourth-order valence-electron chi connectivity index (χ4n) is 2.09. The molecule has 1 aromatic carbocycles. The van der Waals surface area contributed by atoms with E-state index in [1.807, 2.05) is 13.0 Å². The van der Waals surface area contributed by atoms with Crippen molar-refractivity contribution in [1.29, 1.82) is 5.26 Å². The van der Waals surface area contributed by atoms with Crippen LogP contribution in [0.2, 0.25) is 0 Å². The van der Waals surface area contributed by atoms with Gasteiger partial charge in [0.05, 0.1) is 22.5 Å². The molecular weight excluding hydrogens is 264 g/mol. The Morgan fingerprint density at radius 2 is 2.10 bits per heavy atom. The lowest BCUT2D eigenvalue weighted by atomic mass is 10.1. The Bertz CT molecular complexity index is 718. The van der Waals surface area contributed by atoms with Crippen molar-refractivity contribution in [2.45, 2.75) is 6.92 Å². The molecule has 1 N–H and O–H groups in total. The van der Waals surface area contributed by atoms with E-state index < -0.39 is 0 Å². The quantitative estimate of drug-likeness (QED) is 0.938. The van der Waals surface area contributed by atoms with Gasteiger partial charge >= 0.3 is 0 Å². The van der Waals surface area contributed by atoms with Gasteiger partial charge in [0.2, 0.25) is 0 Å². The average molecular weight is 280 g/mol. The molecule has 0 saturated heterocycles. The van der Waals surface area contributed by atoms with Crippen LogP contribution in [0.15, 0.2) is 36.5 Å². The molecule has 0 spiro atoms. The molecule has 5 nitrogen and oxygen atoms in total. The number of benzene rings is 1. The summed E-state index contributed by atoms with van der Waals surface area (Å²) in [5, 5.41) is 12.1. The van der Waals surface area contributed by atoms with Crippen molar-refractivity contribution >= 4 is 17.3 Å². The number of anilines is 2. The molecule has 0 saturated carbocycles. The van der Waals surface area contributed by atoms with E-state index in [0.717, 1.165) is 5.69 Å². The fourth-order valence-corrected chi connectivity index (χ4v) is 2.09. The van der Waals surface area contributed by atoms with Crippen LogP contribution >= 0.6 is 0 Å². The number of aryl methyl sites for hydroxylation is 1. The molecule has 106 valence electrons. The SMILES string of the molecule is CNc1cc(C)ncc1C(=O)N(C)c1ccccc1C#N. The van der Waals surface area contributed by atoms with Crippen molar-refractivity contribution < 1.29 is 4.79 Å². The molecule has 0 unspecified atom stereocenters. The summed E-state index contributed by atoms with van der Waals surface area (Å²) in [5.41, 5.74) is 3.05. The topological polar surface area (TPSA) is 69.0 Å². The van der Waals surface area contributed by atoms with E-state index in [9.17, 15) is 4.79 Å². The second-order valence-corrected chi connectivity index (χ2v) is 4.61. The normalized spacial score (nSPS) is 9.81. The third-order valence-electron chi connectivity index (χ3n) is 3.23. The maximum absolute atomic E-state index is 12.6. The van der Waals surface area contributed by atoms with Gasteiger partial charge in [-0.15, -0.1) is 0 Å². The van der Waals surface area contributed by atoms with Crippen molar-refractivity contribution in [3.63, 3.8) is 0 Å². The molecule has 2 rings (SSSR count). The number of nitrogens with one attached hydrogen (secondary N) is 1. The summed E-state index contributed by atoms with van der Waals surface area (Å²) in [6.07, 6.45) is 1.55. The highest BCUT2D eigenvalue weighted by atomic mass is 16.2. The minimum absolute atomic E-state index is 0.213. The first kappa shape index (κ1) is 14.5. The van der Waals surface area contributed by atoms with Crippen LogP contribution in [0.5, 0.6) is 0 Å². The zero-order valence-corrected chi connectivity index (χ0v) is 12.2. The smallest absolute Gasteiger partial charge is 0.261 e. The highest BCUT2D eigenvalue weighted by Crippen LogP contribution is 2.23. The van der Waals surface area contributed by atoms with E-state index >= 15 is 0 Å². The second-order valence-electron chi connectivity index (χ2n) is 4.61. The molecule has 1 aromatic heterocycles. The van der Waals surface area contributed by atoms with E-state index in [4.69, 9.17) is 5.26 Å². The molecule has 2 aromatic rings. The van der Waals surface area contributed by atoms with Gasteiger partial charge in [-0.2, -0.15) is 5.26 Å². The van der Waals surface area contributed by atoms with Crippen molar-refractivity contribution in [2.75, 3.05) is 24.3 Å². The molecule has 1 amide bonds. The third-order valence-corrected chi connectivity index (χ3v) is 3.23. The Labute approximate surface area is 123 Å². The van der Waals surface area contributed by atoms with E-state index in [-0.39, 0.29) is 5.91 Å². The Hall–Kier alpha value is -2.87. The highest BCUT2D eigenvalue weighted by molar-refractivity contribution is 6.09. The van der Waals surface area contributed by atoms with E-state index in [0.29, 0.717) is 22.5 Å². The number of hydrogen-bond donors (Lipinski definition) is 1. The maximum atomic E-state index is 12.6. The predicted molar refractivity (Wildman–Crippen MR) is 82.4 cm³/mol. The Kier molecular flexibility index (Phi) is 4.19. The van der Waals surface area contributed by atoms with Gasteiger partial charge in [0.25, 0.3) is 5.91 Å². The number of nitriles is 1. The molecule has 5 heteroatoms. The monoisotopic (exact) mass is 280 g/mol. The lowest BCUT2D eigenvalue weighted by molar-refractivity contribution is 0.0993. The minimum Gasteiger partial charge on any atom is -0.387 e. The summed E-state index contributed by atoms with van der Waals surface area (Å²) < 4.78 is 0. The van der Waals surface area contributed by atoms with Crippen LogP contribution in [0.3, 0.4) is 0 Å². The lowest BCUT2D eigenvalue weighted by Gasteiger charge is -2.20. The van der Waals surface area contributed by atoms with Crippen molar-refractivity contribution in [1.82, 2.24) is 4.98 Å². The molecular formula is C16H16N4O. The summed E-state index contributed by atoms with van der Waals surface area (Å²) in [6, 6.07) is 10.9. The largest absolute Gasteiger partial charge is 0.387 e. The Balaban J connectivity index is 2.43. The zero-order valence-electron chi connectivity index (χ0n) is 12.2. The van der Waals surface area contributed by atoms with Crippen LogP contribution in [0.1, 0.15) is 21.6 Å². The van der Waals surface area contributed by atoms with E-state index in [1.165, 1.54) is 4.90 Å². The summed E-state index contributed by atoms with van der Waals surface area (Å²) in [5.74, 6) is -0.213. The molecule has 0 aliphatic heterocycles. The molecule has 0 fully saturated rings. The van der Waals surface area contributed by atoms with Gasteiger partial charge in [-0.05, 0) is 25.1 Å². The number of para-hydroxylation sites is 1. The average Bonchev–Trinajstić information content (AvgIpc) is 2.53. The van der Waals surface area contributed by atoms with Gasteiger partial charge in [0.15, 0.2) is 0 Å². The van der Waals surface area contributed by atoms with Crippen LogP contribution < -0.4 is 10.2 Å². The molecule has 21 heavy (non-hydrogen) atoms. The van der Waals surface area contributed by atoms with Crippen molar-refractivity contribution in [3.8, 4) is 6.07 Å². The summed E-state index contributed by atoms with van der Waals surface area (Å²) >= 11 is 0. The van der Waals surface area contributed by atoms with E-state index in [1.54, 1.807) is 44.6 Å². The highest BCUT2D eigenvalue weighted by Gasteiger charge is 2.19. The van der Waals surface area contributed by atoms with Crippen LogP contribution in [-0.4, -0.2) is 25.0 Å². The second kappa shape index (κ2) is 6.06. The van der Waals surface area contributed by atoms with Crippen LogP contribution in [0.4, 0.5) is 11.4 Å². The molecule has 0 atom stereocenters. The van der Waals surface area contributed by atoms with Crippen molar-refractivity contribution in [3.05, 3.63) is 53.3 Å². The first-order valence-electron chi connectivity index (χ1n) is 6.50. The van der Waals surface area contributed by atoms with E-state index in [2.05, 4.69) is 16.4 Å².